The summed E-state index contributed by atoms with van der Waals surface area (Å²) in [4.78, 5) is 8.94. The van der Waals surface area contributed by atoms with Crippen LogP contribution in [0.15, 0.2) is 48.7 Å². The SMILES string of the molecule is COc1ccc(C)cc1Nc1cnc2ccccc2n1. The maximum absolute atomic E-state index is 5.35. The van der Waals surface area contributed by atoms with E-state index in [0.717, 1.165) is 28.0 Å². The van der Waals surface area contributed by atoms with Crippen LogP contribution >= 0.6 is 0 Å². The molecule has 1 aromatic heterocycles. The highest BCUT2D eigenvalue weighted by Gasteiger charge is 2.05. The summed E-state index contributed by atoms with van der Waals surface area (Å²) in [5, 5.41) is 3.26. The number of nitrogens with zero attached hydrogens (tertiary/aromatic N) is 2. The quantitative estimate of drug-likeness (QED) is 0.784. The molecule has 0 aliphatic heterocycles. The van der Waals surface area contributed by atoms with E-state index >= 15 is 0 Å². The maximum Gasteiger partial charge on any atom is 0.149 e. The Morgan fingerprint density at radius 1 is 1.05 bits per heavy atom. The number of ether oxygens (including phenoxy) is 1. The van der Waals surface area contributed by atoms with Gasteiger partial charge in [0, 0.05) is 0 Å². The van der Waals surface area contributed by atoms with Gasteiger partial charge in [0.25, 0.3) is 0 Å². The molecule has 0 aliphatic rings. The number of hydrogen-bond donors (Lipinski definition) is 1. The second kappa shape index (κ2) is 5.17. The molecule has 0 atom stereocenters. The summed E-state index contributed by atoms with van der Waals surface area (Å²) in [5.41, 5.74) is 3.79. The van der Waals surface area contributed by atoms with Gasteiger partial charge in [0.05, 0.1) is 30.0 Å². The number of benzene rings is 2. The van der Waals surface area contributed by atoms with Crippen LogP contribution in [0.1, 0.15) is 5.56 Å². The van der Waals surface area contributed by atoms with Crippen LogP contribution in [0.2, 0.25) is 0 Å². The van der Waals surface area contributed by atoms with Gasteiger partial charge in [-0.05, 0) is 36.8 Å². The smallest absolute Gasteiger partial charge is 0.149 e. The van der Waals surface area contributed by atoms with E-state index in [1.54, 1.807) is 13.3 Å². The number of anilines is 2. The number of hydrogen-bond acceptors (Lipinski definition) is 4. The molecule has 20 heavy (non-hydrogen) atoms. The zero-order valence-corrected chi connectivity index (χ0v) is 11.4. The molecular weight excluding hydrogens is 250 g/mol. The first-order valence-corrected chi connectivity index (χ1v) is 6.40. The second-order valence-electron chi connectivity index (χ2n) is 4.57. The first kappa shape index (κ1) is 12.4. The summed E-state index contributed by atoms with van der Waals surface area (Å²) < 4.78 is 5.35. The molecule has 0 spiro atoms. The number of fused-ring (bicyclic) bond motifs is 1. The zero-order valence-electron chi connectivity index (χ0n) is 11.4. The third-order valence-electron chi connectivity index (χ3n) is 3.07. The second-order valence-corrected chi connectivity index (χ2v) is 4.57. The maximum atomic E-state index is 5.35. The molecule has 0 radical (unpaired) electrons. The van der Waals surface area contributed by atoms with Crippen molar-refractivity contribution >= 4 is 22.5 Å². The van der Waals surface area contributed by atoms with Gasteiger partial charge in [-0.2, -0.15) is 0 Å². The molecule has 0 bridgehead atoms. The van der Waals surface area contributed by atoms with E-state index in [0.29, 0.717) is 5.82 Å². The van der Waals surface area contributed by atoms with Crippen molar-refractivity contribution in [3.63, 3.8) is 0 Å². The molecule has 2 aromatic carbocycles. The molecule has 0 aliphatic carbocycles. The third-order valence-corrected chi connectivity index (χ3v) is 3.07. The van der Waals surface area contributed by atoms with E-state index in [4.69, 9.17) is 4.74 Å². The molecule has 0 amide bonds. The Hall–Kier alpha value is -2.62. The van der Waals surface area contributed by atoms with Crippen molar-refractivity contribution < 1.29 is 4.74 Å². The van der Waals surface area contributed by atoms with Crippen LogP contribution < -0.4 is 10.1 Å². The predicted molar refractivity (Wildman–Crippen MR) is 80.6 cm³/mol. The summed E-state index contributed by atoms with van der Waals surface area (Å²) in [6, 6.07) is 13.8. The minimum atomic E-state index is 0.701. The first-order valence-electron chi connectivity index (χ1n) is 6.40. The van der Waals surface area contributed by atoms with Gasteiger partial charge in [0.1, 0.15) is 11.6 Å². The average molecular weight is 265 g/mol. The number of aryl methyl sites for hydroxylation is 1. The van der Waals surface area contributed by atoms with Gasteiger partial charge < -0.3 is 10.1 Å². The minimum Gasteiger partial charge on any atom is -0.495 e. The van der Waals surface area contributed by atoms with Crippen LogP contribution in [0.3, 0.4) is 0 Å². The monoisotopic (exact) mass is 265 g/mol. The molecule has 4 heteroatoms. The standard InChI is InChI=1S/C16H15N3O/c1-11-7-8-15(20-2)14(9-11)19-16-10-17-12-5-3-4-6-13(12)18-16/h3-10H,1-2H3,(H,18,19). The Labute approximate surface area is 117 Å². The molecule has 3 aromatic rings. The molecular formula is C16H15N3O. The largest absolute Gasteiger partial charge is 0.495 e. The molecule has 0 saturated heterocycles. The lowest BCUT2D eigenvalue weighted by Gasteiger charge is -2.11. The lowest BCUT2D eigenvalue weighted by molar-refractivity contribution is 0.416. The minimum absolute atomic E-state index is 0.701. The van der Waals surface area contributed by atoms with Gasteiger partial charge in [-0.15, -0.1) is 0 Å². The van der Waals surface area contributed by atoms with E-state index in [9.17, 15) is 0 Å². The van der Waals surface area contributed by atoms with Gasteiger partial charge in [-0.3, -0.25) is 4.98 Å². The summed E-state index contributed by atoms with van der Waals surface area (Å²) >= 11 is 0. The normalized spacial score (nSPS) is 10.5. The fourth-order valence-corrected chi connectivity index (χ4v) is 2.07. The van der Waals surface area contributed by atoms with Crippen molar-refractivity contribution in [3.05, 3.63) is 54.2 Å². The molecule has 100 valence electrons. The summed E-state index contributed by atoms with van der Waals surface area (Å²) in [6.07, 6.45) is 1.73. The molecule has 0 unspecified atom stereocenters. The Bertz CT molecular complexity index is 756. The van der Waals surface area contributed by atoms with E-state index in [-0.39, 0.29) is 0 Å². The highest BCUT2D eigenvalue weighted by Crippen LogP contribution is 2.28. The van der Waals surface area contributed by atoms with Crippen LogP contribution in [0.4, 0.5) is 11.5 Å². The van der Waals surface area contributed by atoms with Crippen LogP contribution in [-0.2, 0) is 0 Å². The average Bonchev–Trinajstić information content (AvgIpc) is 2.47. The Morgan fingerprint density at radius 2 is 1.85 bits per heavy atom. The summed E-state index contributed by atoms with van der Waals surface area (Å²) in [7, 11) is 1.65. The van der Waals surface area contributed by atoms with Gasteiger partial charge in [-0.25, -0.2) is 4.98 Å². The van der Waals surface area contributed by atoms with Crippen molar-refractivity contribution in [2.45, 2.75) is 6.92 Å². The van der Waals surface area contributed by atoms with Crippen LogP contribution in [0.25, 0.3) is 11.0 Å². The van der Waals surface area contributed by atoms with Gasteiger partial charge >= 0.3 is 0 Å². The number of nitrogens with one attached hydrogen (secondary N) is 1. The molecule has 1 N–H and O–H groups in total. The van der Waals surface area contributed by atoms with E-state index in [1.165, 1.54) is 0 Å². The molecule has 1 heterocycles. The third kappa shape index (κ3) is 2.40. The fourth-order valence-electron chi connectivity index (χ4n) is 2.07. The number of rotatable bonds is 3. The number of aromatic nitrogens is 2. The number of para-hydroxylation sites is 2. The van der Waals surface area contributed by atoms with Crippen molar-refractivity contribution in [1.82, 2.24) is 9.97 Å². The molecule has 4 nitrogen and oxygen atoms in total. The van der Waals surface area contributed by atoms with Crippen molar-refractivity contribution in [1.29, 1.82) is 0 Å². The number of methoxy groups -OCH3 is 1. The summed E-state index contributed by atoms with van der Waals surface area (Å²) in [6.45, 7) is 2.04. The molecule has 0 saturated carbocycles. The van der Waals surface area contributed by atoms with Crippen molar-refractivity contribution in [3.8, 4) is 5.75 Å². The fraction of sp³-hybridized carbons (Fsp3) is 0.125. The molecule has 3 rings (SSSR count). The molecule has 0 fully saturated rings. The Kier molecular flexibility index (Phi) is 3.21. The van der Waals surface area contributed by atoms with Crippen molar-refractivity contribution in [2.24, 2.45) is 0 Å². The van der Waals surface area contributed by atoms with Gasteiger partial charge in [0.2, 0.25) is 0 Å². The highest BCUT2D eigenvalue weighted by atomic mass is 16.5. The van der Waals surface area contributed by atoms with E-state index in [1.807, 2.05) is 49.4 Å². The Balaban J connectivity index is 1.98. The zero-order chi connectivity index (χ0) is 13.9. The van der Waals surface area contributed by atoms with Crippen molar-refractivity contribution in [2.75, 3.05) is 12.4 Å². The topological polar surface area (TPSA) is 47.0 Å². The van der Waals surface area contributed by atoms with Crippen LogP contribution in [0.5, 0.6) is 5.75 Å². The van der Waals surface area contributed by atoms with Gasteiger partial charge in [-0.1, -0.05) is 18.2 Å². The van der Waals surface area contributed by atoms with E-state index in [2.05, 4.69) is 15.3 Å². The Morgan fingerprint density at radius 3 is 2.65 bits per heavy atom. The lowest BCUT2D eigenvalue weighted by atomic mass is 10.2. The first-order chi connectivity index (χ1) is 9.76. The van der Waals surface area contributed by atoms with E-state index < -0.39 is 0 Å². The van der Waals surface area contributed by atoms with Crippen LogP contribution in [0, 0.1) is 6.92 Å². The van der Waals surface area contributed by atoms with Crippen LogP contribution in [-0.4, -0.2) is 17.1 Å². The lowest BCUT2D eigenvalue weighted by Crippen LogP contribution is -1.98. The highest BCUT2D eigenvalue weighted by molar-refractivity contribution is 5.76. The van der Waals surface area contributed by atoms with Gasteiger partial charge in [0.15, 0.2) is 0 Å². The predicted octanol–water partition coefficient (Wildman–Crippen LogP) is 3.69. The summed E-state index contributed by atoms with van der Waals surface area (Å²) in [5.74, 6) is 1.48.